The first kappa shape index (κ1) is 32.5. The highest BCUT2D eigenvalue weighted by Gasteiger charge is 2.45. The van der Waals surface area contributed by atoms with Gasteiger partial charge in [0.25, 0.3) is 0 Å². The van der Waals surface area contributed by atoms with Crippen LogP contribution in [0, 0.1) is 0 Å². The van der Waals surface area contributed by atoms with Crippen LogP contribution in [0.2, 0.25) is 0 Å². The average molecular weight is 731 g/mol. The molecule has 0 amide bonds. The quantitative estimate of drug-likeness (QED) is 0.170. The van der Waals surface area contributed by atoms with Crippen LogP contribution in [0.25, 0.3) is 76.3 Å². The third-order valence-electron chi connectivity index (χ3n) is 11.4. The standard InChI is InChI=1S/C53H34N2S/c1-3-14-38(15-4-1)52-54-47(36-28-26-35(27-29-36)41-21-13-25-50-51(41)44-20-9-12-24-49(44)56-50)34-48(55-52)37-30-32-40(33-31-37)53(39-16-5-2-6-17-39)45-22-10-7-18-42(45)43-19-8-11-23-46(43)53/h1-34H. The van der Waals surface area contributed by atoms with E-state index in [0.29, 0.717) is 5.82 Å². The Morgan fingerprint density at radius 1 is 0.357 bits per heavy atom. The summed E-state index contributed by atoms with van der Waals surface area (Å²) < 4.78 is 2.62. The molecule has 3 heteroatoms. The average Bonchev–Trinajstić information content (AvgIpc) is 3.81. The van der Waals surface area contributed by atoms with Crippen molar-refractivity contribution in [2.24, 2.45) is 0 Å². The molecule has 1 aliphatic rings. The van der Waals surface area contributed by atoms with Crippen LogP contribution in [-0.2, 0) is 5.41 Å². The normalized spacial score (nSPS) is 12.8. The fourth-order valence-electron chi connectivity index (χ4n) is 8.90. The van der Waals surface area contributed by atoms with E-state index in [-0.39, 0.29) is 0 Å². The Hall–Kier alpha value is -6.94. The number of hydrogen-bond acceptors (Lipinski definition) is 3. The van der Waals surface area contributed by atoms with Gasteiger partial charge in [0.1, 0.15) is 0 Å². The minimum atomic E-state index is -0.444. The molecule has 2 nitrogen and oxygen atoms in total. The lowest BCUT2D eigenvalue weighted by atomic mass is 9.67. The predicted molar refractivity (Wildman–Crippen MR) is 234 cm³/mol. The van der Waals surface area contributed by atoms with E-state index >= 15 is 0 Å². The molecule has 2 heterocycles. The molecular weight excluding hydrogens is 697 g/mol. The number of aromatic nitrogens is 2. The molecular formula is C53H34N2S. The number of fused-ring (bicyclic) bond motifs is 6. The minimum absolute atomic E-state index is 0.444. The first-order chi connectivity index (χ1) is 27.8. The molecule has 2 aromatic heterocycles. The molecule has 56 heavy (non-hydrogen) atoms. The molecule has 1 aliphatic carbocycles. The van der Waals surface area contributed by atoms with Crippen molar-refractivity contribution in [2.75, 3.05) is 0 Å². The molecule has 0 saturated heterocycles. The Kier molecular flexibility index (Phi) is 7.61. The molecule has 11 rings (SSSR count). The van der Waals surface area contributed by atoms with Crippen molar-refractivity contribution in [3.05, 3.63) is 229 Å². The maximum atomic E-state index is 5.19. The number of thiophene rings is 1. The summed E-state index contributed by atoms with van der Waals surface area (Å²) >= 11 is 1.85. The van der Waals surface area contributed by atoms with Crippen LogP contribution >= 0.6 is 11.3 Å². The van der Waals surface area contributed by atoms with Gasteiger partial charge in [0.05, 0.1) is 16.8 Å². The van der Waals surface area contributed by atoms with E-state index in [0.717, 1.165) is 28.1 Å². The smallest absolute Gasteiger partial charge is 0.160 e. The third kappa shape index (κ3) is 5.09. The Bertz CT molecular complexity index is 3010. The van der Waals surface area contributed by atoms with Gasteiger partial charge in [-0.1, -0.05) is 188 Å². The van der Waals surface area contributed by atoms with E-state index in [9.17, 15) is 0 Å². The Labute approximate surface area is 330 Å². The molecule has 262 valence electrons. The summed E-state index contributed by atoms with van der Waals surface area (Å²) in [6.45, 7) is 0. The molecule has 10 aromatic rings. The molecule has 0 unspecified atom stereocenters. The van der Waals surface area contributed by atoms with Gasteiger partial charge in [-0.2, -0.15) is 0 Å². The van der Waals surface area contributed by atoms with Crippen LogP contribution < -0.4 is 0 Å². The SMILES string of the molecule is c1ccc(-c2nc(-c3ccc(-c4cccc5sc6ccccc6c45)cc3)cc(-c3ccc(C4(c5ccccc5)c5ccccc5-c5ccccc54)cc3)n2)cc1. The second-order valence-corrected chi connectivity index (χ2v) is 15.6. The van der Waals surface area contributed by atoms with Crippen LogP contribution in [0.3, 0.4) is 0 Å². The second-order valence-electron chi connectivity index (χ2n) is 14.5. The number of benzene rings is 8. The molecule has 0 fully saturated rings. The van der Waals surface area contributed by atoms with Crippen molar-refractivity contribution < 1.29 is 0 Å². The van der Waals surface area contributed by atoms with E-state index in [1.165, 1.54) is 64.7 Å². The lowest BCUT2D eigenvalue weighted by Gasteiger charge is -2.34. The van der Waals surface area contributed by atoms with E-state index in [4.69, 9.17) is 9.97 Å². The van der Waals surface area contributed by atoms with Gasteiger partial charge in [0.2, 0.25) is 0 Å². The van der Waals surface area contributed by atoms with Gasteiger partial charge >= 0.3 is 0 Å². The van der Waals surface area contributed by atoms with Crippen LogP contribution in [0.1, 0.15) is 22.3 Å². The molecule has 0 radical (unpaired) electrons. The van der Waals surface area contributed by atoms with Crippen LogP contribution in [0.5, 0.6) is 0 Å². The molecule has 0 aliphatic heterocycles. The largest absolute Gasteiger partial charge is 0.228 e. The third-order valence-corrected chi connectivity index (χ3v) is 12.6. The highest BCUT2D eigenvalue weighted by atomic mass is 32.1. The molecule has 0 N–H and O–H groups in total. The Balaban J connectivity index is 1.03. The van der Waals surface area contributed by atoms with Gasteiger partial charge in [0, 0.05) is 36.9 Å². The van der Waals surface area contributed by atoms with E-state index < -0.39 is 5.41 Å². The summed E-state index contributed by atoms with van der Waals surface area (Å²) in [7, 11) is 0. The topological polar surface area (TPSA) is 25.8 Å². The fourth-order valence-corrected chi connectivity index (χ4v) is 10.0. The van der Waals surface area contributed by atoms with E-state index in [1.807, 2.05) is 29.5 Å². The maximum absolute atomic E-state index is 5.19. The van der Waals surface area contributed by atoms with Crippen LogP contribution in [0.4, 0.5) is 0 Å². The number of hydrogen-bond donors (Lipinski definition) is 0. The van der Waals surface area contributed by atoms with E-state index in [1.54, 1.807) is 0 Å². The van der Waals surface area contributed by atoms with Gasteiger partial charge in [0.15, 0.2) is 5.82 Å². The van der Waals surface area contributed by atoms with Gasteiger partial charge < -0.3 is 0 Å². The zero-order chi connectivity index (χ0) is 37.1. The van der Waals surface area contributed by atoms with Crippen molar-refractivity contribution >= 4 is 31.5 Å². The summed E-state index contributed by atoms with van der Waals surface area (Å²) in [5.41, 5.74) is 14.5. The maximum Gasteiger partial charge on any atom is 0.160 e. The summed E-state index contributed by atoms with van der Waals surface area (Å²) in [6, 6.07) is 74.4. The van der Waals surface area contributed by atoms with Crippen molar-refractivity contribution in [2.45, 2.75) is 5.41 Å². The lowest BCUT2D eigenvalue weighted by molar-refractivity contribution is 0.768. The molecule has 0 saturated carbocycles. The molecule has 0 atom stereocenters. The highest BCUT2D eigenvalue weighted by Crippen LogP contribution is 2.56. The first-order valence-corrected chi connectivity index (χ1v) is 19.9. The van der Waals surface area contributed by atoms with Crippen LogP contribution in [0.15, 0.2) is 206 Å². The lowest BCUT2D eigenvalue weighted by Crippen LogP contribution is -2.28. The van der Waals surface area contributed by atoms with E-state index in [2.05, 4.69) is 188 Å². The number of rotatable bonds is 6. The Morgan fingerprint density at radius 2 is 0.857 bits per heavy atom. The molecule has 0 spiro atoms. The fraction of sp³-hybridized carbons (Fsp3) is 0.0189. The minimum Gasteiger partial charge on any atom is -0.228 e. The van der Waals surface area contributed by atoms with Crippen molar-refractivity contribution in [3.63, 3.8) is 0 Å². The summed E-state index contributed by atoms with van der Waals surface area (Å²) in [5, 5.41) is 2.63. The number of nitrogens with zero attached hydrogens (tertiary/aromatic N) is 2. The van der Waals surface area contributed by atoms with Crippen LogP contribution in [-0.4, -0.2) is 9.97 Å². The monoisotopic (exact) mass is 730 g/mol. The summed E-state index contributed by atoms with van der Waals surface area (Å²) in [6.07, 6.45) is 0. The summed E-state index contributed by atoms with van der Waals surface area (Å²) in [5.74, 6) is 0.708. The molecule has 8 aromatic carbocycles. The van der Waals surface area contributed by atoms with Crippen molar-refractivity contribution in [1.29, 1.82) is 0 Å². The van der Waals surface area contributed by atoms with Crippen molar-refractivity contribution in [1.82, 2.24) is 9.97 Å². The zero-order valence-corrected chi connectivity index (χ0v) is 31.2. The van der Waals surface area contributed by atoms with Gasteiger partial charge in [-0.15, -0.1) is 11.3 Å². The Morgan fingerprint density at radius 3 is 1.54 bits per heavy atom. The second kappa shape index (κ2) is 13.1. The predicted octanol–water partition coefficient (Wildman–Crippen LogP) is 13.9. The first-order valence-electron chi connectivity index (χ1n) is 19.1. The molecule has 0 bridgehead atoms. The summed E-state index contributed by atoms with van der Waals surface area (Å²) in [4.78, 5) is 10.3. The highest BCUT2D eigenvalue weighted by molar-refractivity contribution is 7.25. The van der Waals surface area contributed by atoms with Gasteiger partial charge in [-0.05, 0) is 62.7 Å². The zero-order valence-electron chi connectivity index (χ0n) is 30.4. The van der Waals surface area contributed by atoms with Gasteiger partial charge in [-0.25, -0.2) is 9.97 Å². The van der Waals surface area contributed by atoms with Crippen molar-refractivity contribution in [3.8, 4) is 56.2 Å². The van der Waals surface area contributed by atoms with Gasteiger partial charge in [-0.3, -0.25) is 0 Å².